The second kappa shape index (κ2) is 4.21. The van der Waals surface area contributed by atoms with Gasteiger partial charge < -0.3 is 10.6 Å². The Morgan fingerprint density at radius 3 is 2.84 bits per heavy atom. The number of halogens is 1. The van der Waals surface area contributed by atoms with Gasteiger partial charge in [-0.25, -0.2) is 4.68 Å². The lowest BCUT2D eigenvalue weighted by Gasteiger charge is -2.12. The largest absolute Gasteiger partial charge is 0.376 e. The van der Waals surface area contributed by atoms with Crippen LogP contribution in [0.15, 0.2) is 11.0 Å². The van der Waals surface area contributed by atoms with Gasteiger partial charge >= 0.3 is 0 Å². The second-order valence-corrected chi connectivity index (χ2v) is 6.36. The smallest absolute Gasteiger partial charge is 0.291 e. The van der Waals surface area contributed by atoms with E-state index in [1.54, 1.807) is 10.9 Å². The van der Waals surface area contributed by atoms with Gasteiger partial charge in [-0.2, -0.15) is 5.10 Å². The van der Waals surface area contributed by atoms with E-state index in [9.17, 15) is 4.79 Å². The first kappa shape index (κ1) is 11.7. The number of hydrogen-bond acceptors (Lipinski definition) is 4. The van der Waals surface area contributed by atoms with Crippen LogP contribution in [-0.4, -0.2) is 28.9 Å². The van der Waals surface area contributed by atoms with Crippen LogP contribution in [0, 0.1) is 17.8 Å². The summed E-state index contributed by atoms with van der Waals surface area (Å²) in [5.74, 6) is 1.93. The van der Waals surface area contributed by atoms with E-state index in [4.69, 9.17) is 11.6 Å². The molecule has 0 bridgehead atoms. The molecule has 0 amide bonds. The minimum atomic E-state index is -0.0719. The van der Waals surface area contributed by atoms with Crippen molar-refractivity contribution in [3.63, 3.8) is 0 Å². The van der Waals surface area contributed by atoms with E-state index in [-0.39, 0.29) is 5.56 Å². The molecule has 19 heavy (non-hydrogen) atoms. The predicted molar refractivity (Wildman–Crippen MR) is 73.5 cm³/mol. The minimum Gasteiger partial charge on any atom is -0.376 e. The first-order chi connectivity index (χ1) is 9.24. The maximum absolute atomic E-state index is 12.4. The first-order valence-electron chi connectivity index (χ1n) is 6.97. The number of fused-ring (bicyclic) bond motifs is 1. The lowest BCUT2D eigenvalue weighted by molar-refractivity contribution is 0.534. The van der Waals surface area contributed by atoms with Gasteiger partial charge in [0, 0.05) is 25.7 Å². The Labute approximate surface area is 116 Å². The molecule has 2 heterocycles. The summed E-state index contributed by atoms with van der Waals surface area (Å²) < 4.78 is 1.56. The fourth-order valence-electron chi connectivity index (χ4n) is 3.07. The van der Waals surface area contributed by atoms with Gasteiger partial charge in [0.15, 0.2) is 0 Å². The van der Waals surface area contributed by atoms with Crippen molar-refractivity contribution >= 4 is 17.3 Å². The lowest BCUT2D eigenvalue weighted by atomic mass is 10.3. The molecule has 4 rings (SSSR count). The van der Waals surface area contributed by atoms with Crippen LogP contribution in [0.2, 0.25) is 5.02 Å². The van der Waals surface area contributed by atoms with Crippen molar-refractivity contribution in [2.75, 3.05) is 18.4 Å². The number of hydrogen-bond donors (Lipinski definition) is 2. The summed E-state index contributed by atoms with van der Waals surface area (Å²) >= 11 is 6.13. The van der Waals surface area contributed by atoms with Gasteiger partial charge in [0.2, 0.25) is 0 Å². The quantitative estimate of drug-likeness (QED) is 0.862. The van der Waals surface area contributed by atoms with Gasteiger partial charge in [0.1, 0.15) is 5.69 Å². The van der Waals surface area contributed by atoms with Crippen LogP contribution in [0.4, 0.5) is 5.69 Å². The monoisotopic (exact) mass is 280 g/mol. The number of rotatable bonds is 4. The zero-order valence-electron chi connectivity index (χ0n) is 10.6. The Kier molecular flexibility index (Phi) is 2.60. The van der Waals surface area contributed by atoms with E-state index in [2.05, 4.69) is 15.7 Å². The van der Waals surface area contributed by atoms with Crippen molar-refractivity contribution in [2.45, 2.75) is 25.4 Å². The molecule has 3 fully saturated rings. The van der Waals surface area contributed by atoms with Crippen molar-refractivity contribution in [1.82, 2.24) is 15.1 Å². The van der Waals surface area contributed by atoms with Crippen molar-refractivity contribution < 1.29 is 0 Å². The molecule has 0 spiro atoms. The summed E-state index contributed by atoms with van der Waals surface area (Å²) in [5, 5.41) is 11.3. The zero-order valence-corrected chi connectivity index (χ0v) is 11.4. The molecule has 3 aliphatic rings. The Morgan fingerprint density at radius 1 is 1.42 bits per heavy atom. The fraction of sp³-hybridized carbons (Fsp3) is 0.692. The molecule has 1 aromatic rings. The van der Waals surface area contributed by atoms with Crippen molar-refractivity contribution in [1.29, 1.82) is 0 Å². The molecule has 6 heteroatoms. The second-order valence-electron chi connectivity index (χ2n) is 5.95. The molecule has 102 valence electrons. The Morgan fingerprint density at radius 2 is 2.16 bits per heavy atom. The molecule has 1 aliphatic heterocycles. The molecule has 1 saturated heterocycles. The van der Waals surface area contributed by atoms with Gasteiger partial charge in [0.25, 0.3) is 5.56 Å². The molecule has 0 aromatic carbocycles. The Balaban J connectivity index is 1.57. The highest BCUT2D eigenvalue weighted by molar-refractivity contribution is 6.33. The summed E-state index contributed by atoms with van der Waals surface area (Å²) in [6.45, 7) is 2.81. The summed E-state index contributed by atoms with van der Waals surface area (Å²) in [7, 11) is 0. The van der Waals surface area contributed by atoms with E-state index in [0.29, 0.717) is 34.5 Å². The maximum atomic E-state index is 12.4. The summed E-state index contributed by atoms with van der Waals surface area (Å²) in [6, 6.07) is 0.406. The van der Waals surface area contributed by atoms with Gasteiger partial charge in [-0.3, -0.25) is 4.79 Å². The Bertz CT molecular complexity index is 558. The SMILES string of the molecule is O=c1c(NC2C3CNCC32)c(Cl)cnn1CC1CC1. The average Bonchev–Trinajstić information content (AvgIpc) is 3.28. The highest BCUT2D eigenvalue weighted by atomic mass is 35.5. The topological polar surface area (TPSA) is 59.0 Å². The van der Waals surface area contributed by atoms with Crippen LogP contribution in [-0.2, 0) is 6.54 Å². The molecule has 5 nitrogen and oxygen atoms in total. The highest BCUT2D eigenvalue weighted by Crippen LogP contribution is 2.43. The normalized spacial score (nSPS) is 32.2. The third kappa shape index (κ3) is 2.05. The number of piperidine rings is 1. The number of nitrogens with one attached hydrogen (secondary N) is 2. The van der Waals surface area contributed by atoms with Crippen LogP contribution in [0.25, 0.3) is 0 Å². The molecule has 2 unspecified atom stereocenters. The Hall–Kier alpha value is -1.07. The average molecular weight is 281 g/mol. The molecule has 2 N–H and O–H groups in total. The van der Waals surface area contributed by atoms with Crippen LogP contribution in [0.1, 0.15) is 12.8 Å². The standard InChI is InChI=1S/C13H17ClN4O/c14-10-5-16-18(6-7-1-2-7)13(19)12(10)17-11-8-3-15-4-9(8)11/h5,7-9,11,15,17H,1-4,6H2. The summed E-state index contributed by atoms with van der Waals surface area (Å²) in [6.07, 6.45) is 4.00. The molecule has 0 radical (unpaired) electrons. The van der Waals surface area contributed by atoms with Crippen molar-refractivity contribution in [2.24, 2.45) is 17.8 Å². The van der Waals surface area contributed by atoms with Crippen LogP contribution >= 0.6 is 11.6 Å². The molecular formula is C13H17ClN4O. The van der Waals surface area contributed by atoms with Gasteiger partial charge in [-0.05, 0) is 30.6 Å². The van der Waals surface area contributed by atoms with Crippen molar-refractivity contribution in [3.05, 3.63) is 21.6 Å². The van der Waals surface area contributed by atoms with Crippen molar-refractivity contribution in [3.8, 4) is 0 Å². The molecule has 2 aliphatic carbocycles. The van der Waals surface area contributed by atoms with Crippen LogP contribution in [0.5, 0.6) is 0 Å². The molecular weight excluding hydrogens is 264 g/mol. The van der Waals surface area contributed by atoms with Gasteiger partial charge in [0.05, 0.1) is 11.2 Å². The number of anilines is 1. The zero-order chi connectivity index (χ0) is 13.0. The third-order valence-corrected chi connectivity index (χ3v) is 4.81. The van der Waals surface area contributed by atoms with E-state index >= 15 is 0 Å². The van der Waals surface area contributed by atoms with E-state index in [1.165, 1.54) is 12.8 Å². The van der Waals surface area contributed by atoms with E-state index in [0.717, 1.165) is 19.6 Å². The maximum Gasteiger partial charge on any atom is 0.291 e. The van der Waals surface area contributed by atoms with Gasteiger partial charge in [-0.15, -0.1) is 0 Å². The molecule has 2 saturated carbocycles. The van der Waals surface area contributed by atoms with Crippen LogP contribution < -0.4 is 16.2 Å². The molecule has 2 atom stereocenters. The number of nitrogens with zero attached hydrogens (tertiary/aromatic N) is 2. The van der Waals surface area contributed by atoms with E-state index in [1.807, 2.05) is 0 Å². The first-order valence-corrected chi connectivity index (χ1v) is 7.34. The predicted octanol–water partition coefficient (Wildman–Crippen LogP) is 0.936. The lowest BCUT2D eigenvalue weighted by Crippen LogP contribution is -2.29. The number of aromatic nitrogens is 2. The summed E-state index contributed by atoms with van der Waals surface area (Å²) in [5.41, 5.74) is 0.467. The van der Waals surface area contributed by atoms with E-state index < -0.39 is 0 Å². The summed E-state index contributed by atoms with van der Waals surface area (Å²) in [4.78, 5) is 12.4. The van der Waals surface area contributed by atoms with Gasteiger partial charge in [-0.1, -0.05) is 11.6 Å². The third-order valence-electron chi connectivity index (χ3n) is 4.53. The fourth-order valence-corrected chi connectivity index (χ4v) is 3.25. The van der Waals surface area contributed by atoms with Crippen LogP contribution in [0.3, 0.4) is 0 Å². The minimum absolute atomic E-state index is 0.0719. The molecule has 1 aromatic heterocycles. The highest BCUT2D eigenvalue weighted by Gasteiger charge is 2.53.